The second-order valence-corrected chi connectivity index (χ2v) is 4.73. The third kappa shape index (κ3) is 7.72. The summed E-state index contributed by atoms with van der Waals surface area (Å²) in [6.07, 6.45) is 8.80. The van der Waals surface area contributed by atoms with Gasteiger partial charge in [-0.3, -0.25) is 0 Å². The van der Waals surface area contributed by atoms with Crippen LogP contribution in [0.4, 0.5) is 0 Å². The van der Waals surface area contributed by atoms with Gasteiger partial charge >= 0.3 is 0 Å². The van der Waals surface area contributed by atoms with Gasteiger partial charge in [-0.1, -0.05) is 36.5 Å². The van der Waals surface area contributed by atoms with Crippen LogP contribution >= 0.6 is 0 Å². The van der Waals surface area contributed by atoms with Crippen molar-refractivity contribution in [1.82, 2.24) is 0 Å². The minimum Gasteiger partial charge on any atom is -0.388 e. The first-order valence-electron chi connectivity index (χ1n) is 5.82. The molecule has 0 aliphatic carbocycles. The normalized spacial score (nSPS) is 17.6. The van der Waals surface area contributed by atoms with Crippen LogP contribution in [0.1, 0.15) is 34.1 Å². The van der Waals surface area contributed by atoms with Gasteiger partial charge in [-0.05, 0) is 45.8 Å². The lowest BCUT2D eigenvalue weighted by molar-refractivity contribution is 0.164. The van der Waals surface area contributed by atoms with Gasteiger partial charge in [-0.25, -0.2) is 0 Å². The molecule has 2 N–H and O–H groups in total. The second-order valence-electron chi connectivity index (χ2n) is 4.73. The van der Waals surface area contributed by atoms with Gasteiger partial charge in [0.15, 0.2) is 0 Å². The average molecular weight is 236 g/mol. The summed E-state index contributed by atoms with van der Waals surface area (Å²) in [5, 5.41) is 19.5. The van der Waals surface area contributed by atoms with Crippen molar-refractivity contribution in [1.29, 1.82) is 0 Å². The number of aliphatic hydroxyl groups is 2. The molecule has 2 heteroatoms. The Morgan fingerprint density at radius 2 is 1.94 bits per heavy atom. The van der Waals surface area contributed by atoms with Crippen molar-refractivity contribution in [2.75, 3.05) is 0 Å². The Bertz CT molecular complexity index is 329. The van der Waals surface area contributed by atoms with E-state index in [0.717, 1.165) is 5.57 Å². The third-order valence-electron chi connectivity index (χ3n) is 2.48. The van der Waals surface area contributed by atoms with Crippen LogP contribution in [0.25, 0.3) is 0 Å². The van der Waals surface area contributed by atoms with Crippen molar-refractivity contribution >= 4 is 0 Å². The van der Waals surface area contributed by atoms with Gasteiger partial charge < -0.3 is 10.2 Å². The summed E-state index contributed by atoms with van der Waals surface area (Å²) >= 11 is 0. The van der Waals surface area contributed by atoms with Gasteiger partial charge in [0.2, 0.25) is 0 Å². The predicted octanol–water partition coefficient (Wildman–Crippen LogP) is 3.14. The third-order valence-corrected chi connectivity index (χ3v) is 2.48. The molecule has 0 heterocycles. The smallest absolute Gasteiger partial charge is 0.0980 e. The molecule has 0 saturated heterocycles. The Kier molecular flexibility index (Phi) is 6.78. The zero-order valence-electron chi connectivity index (χ0n) is 11.3. The molecule has 0 fully saturated rings. The molecule has 0 amide bonds. The van der Waals surface area contributed by atoms with E-state index in [9.17, 15) is 10.2 Å². The topological polar surface area (TPSA) is 40.5 Å². The van der Waals surface area contributed by atoms with Crippen molar-refractivity contribution in [3.63, 3.8) is 0 Å². The molecule has 2 unspecified atom stereocenters. The fraction of sp³-hybridized carbons (Fsp3) is 0.467. The highest BCUT2D eigenvalue weighted by molar-refractivity contribution is 5.20. The van der Waals surface area contributed by atoms with Crippen LogP contribution in [-0.4, -0.2) is 21.9 Å². The summed E-state index contributed by atoms with van der Waals surface area (Å²) in [7, 11) is 0. The Morgan fingerprint density at radius 3 is 2.41 bits per heavy atom. The molecule has 0 aliphatic heterocycles. The lowest BCUT2D eigenvalue weighted by atomic mass is 10.0. The average Bonchev–Trinajstić information content (AvgIpc) is 2.25. The minimum atomic E-state index is -0.998. The molecule has 0 aromatic heterocycles. The van der Waals surface area contributed by atoms with Crippen LogP contribution in [0.15, 0.2) is 48.1 Å². The molecule has 0 saturated carbocycles. The molecule has 0 spiro atoms. The molecular weight excluding hydrogens is 212 g/mol. The summed E-state index contributed by atoms with van der Waals surface area (Å²) in [5.41, 5.74) is 1.07. The summed E-state index contributed by atoms with van der Waals surface area (Å²) in [6.45, 7) is 11.1. The lowest BCUT2D eigenvalue weighted by Crippen LogP contribution is -2.15. The van der Waals surface area contributed by atoms with E-state index in [1.54, 1.807) is 19.1 Å². The van der Waals surface area contributed by atoms with Crippen molar-refractivity contribution < 1.29 is 10.2 Å². The summed E-state index contributed by atoms with van der Waals surface area (Å²) in [5.74, 6) is 0. The largest absolute Gasteiger partial charge is 0.388 e. The van der Waals surface area contributed by atoms with E-state index in [4.69, 9.17) is 0 Å². The first-order chi connectivity index (χ1) is 7.78. The zero-order chi connectivity index (χ0) is 13.5. The van der Waals surface area contributed by atoms with Gasteiger partial charge in [-0.2, -0.15) is 0 Å². The number of allylic oxidation sites excluding steroid dienone is 3. The van der Waals surface area contributed by atoms with E-state index >= 15 is 0 Å². The molecule has 96 valence electrons. The van der Waals surface area contributed by atoms with Crippen LogP contribution in [-0.2, 0) is 0 Å². The molecule has 0 bridgehead atoms. The first kappa shape index (κ1) is 15.9. The molecule has 2 nitrogen and oxygen atoms in total. The Morgan fingerprint density at radius 1 is 1.35 bits per heavy atom. The van der Waals surface area contributed by atoms with Crippen LogP contribution in [0.3, 0.4) is 0 Å². The highest BCUT2D eigenvalue weighted by Gasteiger charge is 2.08. The summed E-state index contributed by atoms with van der Waals surface area (Å²) < 4.78 is 0. The maximum absolute atomic E-state index is 9.82. The van der Waals surface area contributed by atoms with Gasteiger partial charge in [0.05, 0.1) is 11.7 Å². The van der Waals surface area contributed by atoms with Gasteiger partial charge in [-0.15, -0.1) is 0 Å². The molecule has 0 aromatic rings. The van der Waals surface area contributed by atoms with Gasteiger partial charge in [0.1, 0.15) is 0 Å². The number of hydrogen-bond acceptors (Lipinski definition) is 2. The highest BCUT2D eigenvalue weighted by atomic mass is 16.3. The van der Waals surface area contributed by atoms with E-state index in [0.29, 0.717) is 6.42 Å². The number of hydrogen-bond donors (Lipinski definition) is 2. The molecule has 0 radical (unpaired) electrons. The zero-order valence-corrected chi connectivity index (χ0v) is 11.3. The van der Waals surface area contributed by atoms with Crippen molar-refractivity contribution in [2.45, 2.75) is 45.8 Å². The van der Waals surface area contributed by atoms with Crippen LogP contribution in [0.5, 0.6) is 0 Å². The maximum atomic E-state index is 9.82. The number of aliphatic hydroxyl groups excluding tert-OH is 1. The van der Waals surface area contributed by atoms with Gasteiger partial charge in [0, 0.05) is 0 Å². The molecule has 0 rings (SSSR count). The molecule has 0 aromatic carbocycles. The monoisotopic (exact) mass is 236 g/mol. The van der Waals surface area contributed by atoms with E-state index in [-0.39, 0.29) is 0 Å². The van der Waals surface area contributed by atoms with Crippen LogP contribution in [0, 0.1) is 0 Å². The highest BCUT2D eigenvalue weighted by Crippen LogP contribution is 2.10. The summed E-state index contributed by atoms with van der Waals surface area (Å²) in [4.78, 5) is 0. The van der Waals surface area contributed by atoms with E-state index in [1.165, 1.54) is 11.6 Å². The molecular formula is C15H24O2. The first-order valence-corrected chi connectivity index (χ1v) is 5.82. The standard InChI is InChI=1S/C15H24O2/c1-6-15(5,17)11-7-8-13(4)14(16)10-9-12(2)3/h6-9,11,14,16-17H,1,10H2,2-5H3. The molecule has 0 aliphatic rings. The van der Waals surface area contributed by atoms with Crippen LogP contribution < -0.4 is 0 Å². The summed E-state index contributed by atoms with van der Waals surface area (Å²) in [6, 6.07) is 0. The van der Waals surface area contributed by atoms with E-state index < -0.39 is 11.7 Å². The van der Waals surface area contributed by atoms with E-state index in [2.05, 4.69) is 6.58 Å². The number of rotatable bonds is 6. The Balaban J connectivity index is 4.45. The SMILES string of the molecule is C=CC(C)(O)C=CC=C(C)C(O)CC=C(C)C. The molecule has 17 heavy (non-hydrogen) atoms. The van der Waals surface area contributed by atoms with Crippen LogP contribution in [0.2, 0.25) is 0 Å². The van der Waals surface area contributed by atoms with E-state index in [1.807, 2.05) is 32.9 Å². The minimum absolute atomic E-state index is 0.469. The quantitative estimate of drug-likeness (QED) is 0.549. The Hall–Kier alpha value is -1.12. The van der Waals surface area contributed by atoms with Gasteiger partial charge in [0.25, 0.3) is 0 Å². The molecule has 2 atom stereocenters. The Labute approximate surface area is 105 Å². The lowest BCUT2D eigenvalue weighted by Gasteiger charge is -2.12. The maximum Gasteiger partial charge on any atom is 0.0980 e. The van der Waals surface area contributed by atoms with Crippen molar-refractivity contribution in [3.8, 4) is 0 Å². The fourth-order valence-corrected chi connectivity index (χ4v) is 1.11. The fourth-order valence-electron chi connectivity index (χ4n) is 1.11. The van der Waals surface area contributed by atoms with Crippen molar-refractivity contribution in [3.05, 3.63) is 48.1 Å². The van der Waals surface area contributed by atoms with Crippen molar-refractivity contribution in [2.24, 2.45) is 0 Å². The predicted molar refractivity (Wildman–Crippen MR) is 73.8 cm³/mol. The second kappa shape index (κ2) is 7.25.